The van der Waals surface area contributed by atoms with Crippen molar-refractivity contribution in [2.45, 2.75) is 45.6 Å². The second-order valence-corrected chi connectivity index (χ2v) is 10.0. The summed E-state index contributed by atoms with van der Waals surface area (Å²) in [6.45, 7) is 2.26. The zero-order valence-corrected chi connectivity index (χ0v) is 23.2. The number of amides is 1. The van der Waals surface area contributed by atoms with Crippen molar-refractivity contribution in [2.75, 3.05) is 17.8 Å². The standard InChI is InChI=1S/C31H30Cl2FNO4/c1-2-38-31(37)22-15-21(16-25(17-22)35-30(36)7-4-14-32)26-5-3-6-27(26)28-18-23(33)10-13-29(28)39-19-20-8-11-24(34)12-9-20/h8-13,15-18H,2-7,14,19H2,1H3,(H,35,36). The second-order valence-electron chi connectivity index (χ2n) is 9.23. The fourth-order valence-corrected chi connectivity index (χ4v) is 4.93. The van der Waals surface area contributed by atoms with Gasteiger partial charge in [0.2, 0.25) is 5.91 Å². The van der Waals surface area contributed by atoms with E-state index >= 15 is 0 Å². The molecule has 5 nitrogen and oxygen atoms in total. The van der Waals surface area contributed by atoms with Gasteiger partial charge in [-0.15, -0.1) is 11.6 Å². The minimum Gasteiger partial charge on any atom is -0.488 e. The van der Waals surface area contributed by atoms with Gasteiger partial charge in [0.15, 0.2) is 0 Å². The van der Waals surface area contributed by atoms with Crippen molar-refractivity contribution in [3.63, 3.8) is 0 Å². The third-order valence-electron chi connectivity index (χ3n) is 6.41. The van der Waals surface area contributed by atoms with Gasteiger partial charge in [0, 0.05) is 28.6 Å². The van der Waals surface area contributed by atoms with Crippen LogP contribution >= 0.6 is 23.2 Å². The molecule has 0 aliphatic heterocycles. The molecule has 0 fully saturated rings. The van der Waals surface area contributed by atoms with Crippen molar-refractivity contribution in [2.24, 2.45) is 0 Å². The molecule has 1 amide bonds. The van der Waals surface area contributed by atoms with Gasteiger partial charge in [0.1, 0.15) is 18.2 Å². The number of ether oxygens (including phenoxy) is 2. The van der Waals surface area contributed by atoms with E-state index in [0.717, 1.165) is 47.1 Å². The van der Waals surface area contributed by atoms with Gasteiger partial charge in [-0.1, -0.05) is 23.7 Å². The highest BCUT2D eigenvalue weighted by Gasteiger charge is 2.23. The monoisotopic (exact) mass is 569 g/mol. The Labute approximate surface area is 237 Å². The Kier molecular flexibility index (Phi) is 10.0. The van der Waals surface area contributed by atoms with Crippen molar-refractivity contribution in [1.82, 2.24) is 0 Å². The summed E-state index contributed by atoms with van der Waals surface area (Å²) >= 11 is 12.2. The Bertz CT molecular complexity index is 1370. The van der Waals surface area contributed by atoms with Crippen LogP contribution in [0, 0.1) is 5.82 Å². The number of anilines is 1. The van der Waals surface area contributed by atoms with Gasteiger partial charge >= 0.3 is 5.97 Å². The third-order valence-corrected chi connectivity index (χ3v) is 6.91. The van der Waals surface area contributed by atoms with Crippen molar-refractivity contribution >= 4 is 51.9 Å². The summed E-state index contributed by atoms with van der Waals surface area (Å²) in [4.78, 5) is 25.1. The van der Waals surface area contributed by atoms with Gasteiger partial charge < -0.3 is 14.8 Å². The third kappa shape index (κ3) is 7.61. The maximum atomic E-state index is 13.3. The van der Waals surface area contributed by atoms with E-state index in [4.69, 9.17) is 32.7 Å². The maximum Gasteiger partial charge on any atom is 0.338 e. The summed E-state index contributed by atoms with van der Waals surface area (Å²) in [7, 11) is 0. The van der Waals surface area contributed by atoms with Crippen LogP contribution in [0.2, 0.25) is 5.02 Å². The molecule has 8 heteroatoms. The Balaban J connectivity index is 1.72. The number of benzene rings is 3. The predicted octanol–water partition coefficient (Wildman–Crippen LogP) is 8.29. The largest absolute Gasteiger partial charge is 0.488 e. The van der Waals surface area contributed by atoms with E-state index in [0.29, 0.717) is 34.3 Å². The average molecular weight is 570 g/mol. The van der Waals surface area contributed by atoms with Crippen molar-refractivity contribution in [3.05, 3.63) is 93.8 Å². The Morgan fingerprint density at radius 3 is 2.51 bits per heavy atom. The molecule has 3 aromatic carbocycles. The van der Waals surface area contributed by atoms with E-state index in [1.807, 2.05) is 18.2 Å². The molecule has 0 aromatic heterocycles. The van der Waals surface area contributed by atoms with Crippen LogP contribution < -0.4 is 10.1 Å². The fraction of sp³-hybridized carbons (Fsp3) is 0.290. The highest BCUT2D eigenvalue weighted by molar-refractivity contribution is 6.30. The quantitative estimate of drug-likeness (QED) is 0.186. The summed E-state index contributed by atoms with van der Waals surface area (Å²) in [6.07, 6.45) is 3.33. The molecule has 0 spiro atoms. The molecule has 1 aliphatic carbocycles. The summed E-state index contributed by atoms with van der Waals surface area (Å²) in [5, 5.41) is 3.47. The molecule has 0 unspecified atom stereocenters. The van der Waals surface area contributed by atoms with E-state index in [2.05, 4.69) is 5.32 Å². The summed E-state index contributed by atoms with van der Waals surface area (Å²) in [5.74, 6) is 0.125. The number of alkyl halides is 1. The summed E-state index contributed by atoms with van der Waals surface area (Å²) in [5.41, 5.74) is 5.52. The second kappa shape index (κ2) is 13.6. The number of halogens is 3. The molecule has 1 N–H and O–H groups in total. The lowest BCUT2D eigenvalue weighted by Crippen LogP contribution is -2.13. The van der Waals surface area contributed by atoms with Crippen LogP contribution in [0.4, 0.5) is 10.1 Å². The number of hydrogen-bond acceptors (Lipinski definition) is 4. The number of esters is 1. The first kappa shape index (κ1) is 28.7. The van der Waals surface area contributed by atoms with Crippen LogP contribution in [0.25, 0.3) is 11.1 Å². The van der Waals surface area contributed by atoms with Gasteiger partial charge in [-0.2, -0.15) is 0 Å². The normalized spacial score (nSPS) is 12.9. The van der Waals surface area contributed by atoms with E-state index in [1.165, 1.54) is 12.1 Å². The first-order chi connectivity index (χ1) is 18.9. The molecule has 3 aromatic rings. The van der Waals surface area contributed by atoms with Crippen LogP contribution in [0.1, 0.15) is 66.1 Å². The molecule has 4 rings (SSSR count). The van der Waals surface area contributed by atoms with Crippen LogP contribution in [-0.2, 0) is 16.1 Å². The van der Waals surface area contributed by atoms with Crippen LogP contribution in [0.5, 0.6) is 5.75 Å². The fourth-order valence-electron chi connectivity index (χ4n) is 4.62. The van der Waals surface area contributed by atoms with Crippen molar-refractivity contribution < 1.29 is 23.5 Å². The molecular weight excluding hydrogens is 540 g/mol. The minimum absolute atomic E-state index is 0.172. The highest BCUT2D eigenvalue weighted by atomic mass is 35.5. The Morgan fingerprint density at radius 2 is 1.77 bits per heavy atom. The topological polar surface area (TPSA) is 64.6 Å². The maximum absolute atomic E-state index is 13.3. The zero-order chi connectivity index (χ0) is 27.8. The summed E-state index contributed by atoms with van der Waals surface area (Å²) < 4.78 is 24.7. The lowest BCUT2D eigenvalue weighted by Gasteiger charge is -2.16. The number of rotatable bonds is 11. The Morgan fingerprint density at radius 1 is 1.00 bits per heavy atom. The molecule has 39 heavy (non-hydrogen) atoms. The first-order valence-electron chi connectivity index (χ1n) is 13.0. The molecule has 0 saturated heterocycles. The van der Waals surface area contributed by atoms with Gasteiger partial charge in [-0.05, 0) is 103 Å². The van der Waals surface area contributed by atoms with Crippen LogP contribution in [0.15, 0.2) is 60.7 Å². The first-order valence-corrected chi connectivity index (χ1v) is 13.9. The van der Waals surface area contributed by atoms with E-state index in [9.17, 15) is 14.0 Å². The number of carbonyl (C=O) groups is 2. The van der Waals surface area contributed by atoms with Crippen molar-refractivity contribution in [3.8, 4) is 5.75 Å². The number of nitrogens with one attached hydrogen (secondary N) is 1. The lowest BCUT2D eigenvalue weighted by molar-refractivity contribution is -0.116. The molecular formula is C31H30Cl2FNO4. The van der Waals surface area contributed by atoms with Gasteiger partial charge in [0.25, 0.3) is 0 Å². The molecule has 0 bridgehead atoms. The number of carbonyl (C=O) groups excluding carboxylic acids is 2. The predicted molar refractivity (Wildman–Crippen MR) is 154 cm³/mol. The minimum atomic E-state index is -0.457. The van der Waals surface area contributed by atoms with E-state index < -0.39 is 5.97 Å². The van der Waals surface area contributed by atoms with Crippen LogP contribution in [0.3, 0.4) is 0 Å². The molecule has 0 radical (unpaired) electrons. The Hall–Kier alpha value is -3.35. The summed E-state index contributed by atoms with van der Waals surface area (Å²) in [6, 6.07) is 17.0. The van der Waals surface area contributed by atoms with Gasteiger partial charge in [-0.3, -0.25) is 4.79 Å². The van der Waals surface area contributed by atoms with Gasteiger partial charge in [0.05, 0.1) is 12.2 Å². The van der Waals surface area contributed by atoms with E-state index in [1.54, 1.807) is 37.3 Å². The average Bonchev–Trinajstić information content (AvgIpc) is 3.42. The van der Waals surface area contributed by atoms with E-state index in [-0.39, 0.29) is 31.4 Å². The molecule has 0 atom stereocenters. The lowest BCUT2D eigenvalue weighted by atomic mass is 9.94. The van der Waals surface area contributed by atoms with Crippen molar-refractivity contribution in [1.29, 1.82) is 0 Å². The number of hydrogen-bond donors (Lipinski definition) is 1. The van der Waals surface area contributed by atoms with Crippen LogP contribution in [-0.4, -0.2) is 24.4 Å². The smallest absolute Gasteiger partial charge is 0.338 e. The number of allylic oxidation sites excluding steroid dienone is 2. The molecule has 1 aliphatic rings. The molecule has 0 saturated carbocycles. The molecule has 204 valence electrons. The zero-order valence-electron chi connectivity index (χ0n) is 21.7. The molecule has 0 heterocycles. The SMILES string of the molecule is CCOC(=O)c1cc(NC(=O)CCCCl)cc(C2=C(c3cc(Cl)ccc3OCc3ccc(F)cc3)CCC2)c1. The highest BCUT2D eigenvalue weighted by Crippen LogP contribution is 2.44. The van der Waals surface area contributed by atoms with Gasteiger partial charge in [-0.25, -0.2) is 9.18 Å².